The molecule has 2 amide bonds. The van der Waals surface area contributed by atoms with Crippen LogP contribution in [0, 0.1) is 0 Å². The molecule has 192 valence electrons. The van der Waals surface area contributed by atoms with Crippen LogP contribution in [-0.2, 0) is 26.0 Å². The van der Waals surface area contributed by atoms with Gasteiger partial charge in [0.15, 0.2) is 0 Å². The van der Waals surface area contributed by atoms with E-state index in [1.807, 2.05) is 44.2 Å². The molecule has 0 fully saturated rings. The number of hydrogen-bond acceptors (Lipinski definition) is 4. The molecule has 0 aliphatic rings. The number of benzene rings is 2. The zero-order valence-corrected chi connectivity index (χ0v) is 22.5. The Morgan fingerprint density at radius 2 is 1.63 bits per heavy atom. The van der Waals surface area contributed by atoms with Gasteiger partial charge in [0.1, 0.15) is 6.04 Å². The van der Waals surface area contributed by atoms with Gasteiger partial charge in [-0.3, -0.25) is 13.9 Å². The number of nitrogens with one attached hydrogen (secondary N) is 1. The first-order chi connectivity index (χ1) is 16.5. The lowest BCUT2D eigenvalue weighted by Crippen LogP contribution is -2.50. The maximum Gasteiger partial charge on any atom is 0.242 e. The number of hydrogen-bond donors (Lipinski definition) is 1. The van der Waals surface area contributed by atoms with Gasteiger partial charge in [0.2, 0.25) is 21.8 Å². The van der Waals surface area contributed by atoms with Crippen LogP contribution in [0.15, 0.2) is 54.6 Å². The van der Waals surface area contributed by atoms with Gasteiger partial charge in [-0.25, -0.2) is 8.42 Å². The van der Waals surface area contributed by atoms with Gasteiger partial charge < -0.3 is 10.2 Å². The molecule has 0 spiro atoms. The SMILES string of the molecule is CC[C@@H](C)NC(=O)[C@H](C)N(CCc1ccccc1)C(=O)CCCN(c1ccc(Cl)cc1)S(C)(=O)=O. The molecule has 2 aromatic rings. The molecule has 1 N–H and O–H groups in total. The molecule has 0 unspecified atom stereocenters. The van der Waals surface area contributed by atoms with Crippen LogP contribution in [0.25, 0.3) is 0 Å². The molecule has 0 aromatic heterocycles. The molecular formula is C26H36ClN3O4S. The Labute approximate surface area is 214 Å². The lowest BCUT2D eigenvalue weighted by Gasteiger charge is -2.30. The summed E-state index contributed by atoms with van der Waals surface area (Å²) in [5, 5.41) is 3.46. The first-order valence-electron chi connectivity index (χ1n) is 11.9. The molecule has 0 radical (unpaired) electrons. The molecule has 0 bridgehead atoms. The van der Waals surface area contributed by atoms with Crippen LogP contribution in [0.3, 0.4) is 0 Å². The second-order valence-corrected chi connectivity index (χ2v) is 11.1. The van der Waals surface area contributed by atoms with Gasteiger partial charge in [-0.1, -0.05) is 48.9 Å². The molecule has 2 aromatic carbocycles. The molecule has 2 rings (SSSR count). The molecule has 0 aliphatic heterocycles. The number of halogens is 1. The highest BCUT2D eigenvalue weighted by Crippen LogP contribution is 2.21. The molecule has 0 saturated carbocycles. The van der Waals surface area contributed by atoms with Crippen molar-refractivity contribution in [1.82, 2.24) is 10.2 Å². The van der Waals surface area contributed by atoms with E-state index in [1.54, 1.807) is 36.1 Å². The predicted molar refractivity (Wildman–Crippen MR) is 142 cm³/mol. The highest BCUT2D eigenvalue weighted by Gasteiger charge is 2.26. The fraction of sp³-hybridized carbons (Fsp3) is 0.462. The topological polar surface area (TPSA) is 86.8 Å². The van der Waals surface area contributed by atoms with Crippen molar-refractivity contribution in [3.8, 4) is 0 Å². The van der Waals surface area contributed by atoms with Crippen LogP contribution in [-0.4, -0.2) is 56.6 Å². The van der Waals surface area contributed by atoms with E-state index < -0.39 is 16.1 Å². The number of carbonyl (C=O) groups is 2. The largest absolute Gasteiger partial charge is 0.352 e. The first-order valence-corrected chi connectivity index (χ1v) is 14.1. The highest BCUT2D eigenvalue weighted by molar-refractivity contribution is 7.92. The van der Waals surface area contributed by atoms with Crippen LogP contribution in [0.4, 0.5) is 5.69 Å². The Morgan fingerprint density at radius 1 is 1.00 bits per heavy atom. The number of nitrogens with zero attached hydrogens (tertiary/aromatic N) is 2. The second kappa shape index (κ2) is 13.5. The third-order valence-electron chi connectivity index (χ3n) is 5.92. The van der Waals surface area contributed by atoms with E-state index in [9.17, 15) is 18.0 Å². The Morgan fingerprint density at radius 3 is 2.20 bits per heavy atom. The molecule has 7 nitrogen and oxygen atoms in total. The summed E-state index contributed by atoms with van der Waals surface area (Å²) in [4.78, 5) is 27.6. The summed E-state index contributed by atoms with van der Waals surface area (Å²) >= 11 is 5.93. The number of amides is 2. The van der Waals surface area contributed by atoms with E-state index in [1.165, 1.54) is 4.31 Å². The Kier molecular flexibility index (Phi) is 11.0. The summed E-state index contributed by atoms with van der Waals surface area (Å²) < 4.78 is 26.0. The summed E-state index contributed by atoms with van der Waals surface area (Å²) in [6, 6.07) is 15.7. The molecule has 0 aliphatic carbocycles. The average molecular weight is 522 g/mol. The Bertz CT molecular complexity index is 1060. The van der Waals surface area contributed by atoms with E-state index in [-0.39, 0.29) is 30.8 Å². The van der Waals surface area contributed by atoms with Crippen LogP contribution in [0.1, 0.15) is 45.6 Å². The zero-order chi connectivity index (χ0) is 26.0. The third kappa shape index (κ3) is 9.18. The summed E-state index contributed by atoms with van der Waals surface area (Å²) in [6.45, 7) is 6.19. The number of carbonyl (C=O) groups excluding carboxylic acids is 2. The summed E-state index contributed by atoms with van der Waals surface area (Å²) in [6.07, 6.45) is 2.98. The Balaban J connectivity index is 2.10. The molecular weight excluding hydrogens is 486 g/mol. The summed E-state index contributed by atoms with van der Waals surface area (Å²) in [5.41, 5.74) is 1.57. The number of sulfonamides is 1. The van der Waals surface area contributed by atoms with E-state index >= 15 is 0 Å². The van der Waals surface area contributed by atoms with Crippen LogP contribution in [0.2, 0.25) is 5.02 Å². The lowest BCUT2D eigenvalue weighted by atomic mass is 10.1. The zero-order valence-electron chi connectivity index (χ0n) is 20.9. The van der Waals surface area contributed by atoms with Crippen molar-refractivity contribution in [2.75, 3.05) is 23.7 Å². The van der Waals surface area contributed by atoms with Gasteiger partial charge in [-0.2, -0.15) is 0 Å². The monoisotopic (exact) mass is 521 g/mol. The van der Waals surface area contributed by atoms with Gasteiger partial charge in [0.25, 0.3) is 0 Å². The number of rotatable bonds is 13. The van der Waals surface area contributed by atoms with Crippen molar-refractivity contribution < 1.29 is 18.0 Å². The van der Waals surface area contributed by atoms with Gasteiger partial charge in [-0.05, 0) is 62.9 Å². The van der Waals surface area contributed by atoms with Gasteiger partial charge in [0.05, 0.1) is 11.9 Å². The van der Waals surface area contributed by atoms with Gasteiger partial charge in [-0.15, -0.1) is 0 Å². The van der Waals surface area contributed by atoms with Crippen molar-refractivity contribution >= 4 is 39.1 Å². The van der Waals surface area contributed by atoms with Gasteiger partial charge in [0, 0.05) is 30.6 Å². The Hall–Kier alpha value is -2.58. The minimum Gasteiger partial charge on any atom is -0.352 e. The molecule has 0 saturated heterocycles. The minimum absolute atomic E-state index is 0.0127. The molecule has 2 atom stereocenters. The van der Waals surface area contributed by atoms with E-state index in [4.69, 9.17) is 11.6 Å². The first kappa shape index (κ1) is 28.7. The normalized spacial score (nSPS) is 13.1. The number of anilines is 1. The maximum absolute atomic E-state index is 13.2. The predicted octanol–water partition coefficient (Wildman–Crippen LogP) is 4.26. The fourth-order valence-electron chi connectivity index (χ4n) is 3.65. The second-order valence-electron chi connectivity index (χ2n) is 8.73. The van der Waals surface area contributed by atoms with E-state index in [0.717, 1.165) is 18.2 Å². The van der Waals surface area contributed by atoms with Crippen molar-refractivity contribution in [2.45, 2.75) is 58.5 Å². The smallest absolute Gasteiger partial charge is 0.242 e. The van der Waals surface area contributed by atoms with Crippen LogP contribution >= 0.6 is 11.6 Å². The quantitative estimate of drug-likeness (QED) is 0.426. The fourth-order valence-corrected chi connectivity index (χ4v) is 4.74. The minimum atomic E-state index is -3.54. The standard InChI is InChI=1S/C26H36ClN3O4S/c1-5-20(2)28-26(32)21(3)29(19-17-22-10-7-6-8-11-22)25(31)12-9-18-30(35(4,33)34)24-15-13-23(27)14-16-24/h6-8,10-11,13-16,20-21H,5,9,12,17-19H2,1-4H3,(H,28,32)/t20-,21+/m1/s1. The van der Waals surface area contributed by atoms with Crippen molar-refractivity contribution in [3.63, 3.8) is 0 Å². The molecule has 35 heavy (non-hydrogen) atoms. The summed E-state index contributed by atoms with van der Waals surface area (Å²) in [7, 11) is -3.54. The van der Waals surface area contributed by atoms with Crippen LogP contribution < -0.4 is 9.62 Å². The highest BCUT2D eigenvalue weighted by atomic mass is 35.5. The van der Waals surface area contributed by atoms with Crippen molar-refractivity contribution in [2.24, 2.45) is 0 Å². The van der Waals surface area contributed by atoms with Gasteiger partial charge >= 0.3 is 0 Å². The van der Waals surface area contributed by atoms with Crippen molar-refractivity contribution in [3.05, 3.63) is 65.2 Å². The van der Waals surface area contributed by atoms with E-state index in [0.29, 0.717) is 30.1 Å². The van der Waals surface area contributed by atoms with E-state index in [2.05, 4.69) is 5.32 Å². The average Bonchev–Trinajstić information content (AvgIpc) is 2.82. The summed E-state index contributed by atoms with van der Waals surface area (Å²) in [5.74, 6) is -0.378. The molecule has 0 heterocycles. The van der Waals surface area contributed by atoms with Crippen LogP contribution in [0.5, 0.6) is 0 Å². The third-order valence-corrected chi connectivity index (χ3v) is 7.37. The molecule has 9 heteroatoms. The van der Waals surface area contributed by atoms with Crippen molar-refractivity contribution in [1.29, 1.82) is 0 Å². The maximum atomic E-state index is 13.2. The lowest BCUT2D eigenvalue weighted by molar-refractivity contribution is -0.140.